The molecule has 1 unspecified atom stereocenters. The van der Waals surface area contributed by atoms with Crippen LogP contribution < -0.4 is 5.73 Å². The van der Waals surface area contributed by atoms with Crippen LogP contribution in [0.15, 0.2) is 18.3 Å². The molecule has 2 rings (SSSR count). The molecular weight excluding hydrogens is 203 g/mol. The van der Waals surface area contributed by atoms with Crippen LogP contribution in [-0.2, 0) is 12.8 Å². The average molecular weight is 222 g/mol. The van der Waals surface area contributed by atoms with Gasteiger partial charge in [-0.25, -0.2) is 4.39 Å². The standard InChI is InChI=1S/C13H19FN2/c1-2-10-3-6-12(16-8-10)7-13(14,9-15)11-4-5-11/h3,6,8,11H,2,4-5,7,9,15H2,1H3. The minimum absolute atomic E-state index is 0.106. The Balaban J connectivity index is 2.06. The molecule has 1 aliphatic carbocycles. The summed E-state index contributed by atoms with van der Waals surface area (Å²) in [5.74, 6) is 0.158. The van der Waals surface area contributed by atoms with E-state index in [1.165, 1.54) is 5.56 Å². The summed E-state index contributed by atoms with van der Waals surface area (Å²) < 4.78 is 14.4. The normalized spacial score (nSPS) is 19.4. The number of aromatic nitrogens is 1. The number of pyridine rings is 1. The highest BCUT2D eigenvalue weighted by Gasteiger charge is 2.44. The Labute approximate surface area is 96.1 Å². The number of alkyl halides is 1. The molecule has 2 N–H and O–H groups in total. The number of nitrogens with two attached hydrogens (primary N) is 1. The molecule has 0 amide bonds. The van der Waals surface area contributed by atoms with Gasteiger partial charge in [0.25, 0.3) is 0 Å². The van der Waals surface area contributed by atoms with E-state index in [0.29, 0.717) is 6.42 Å². The first-order valence-electron chi connectivity index (χ1n) is 6.00. The fourth-order valence-corrected chi connectivity index (χ4v) is 2.05. The van der Waals surface area contributed by atoms with Gasteiger partial charge in [-0.1, -0.05) is 13.0 Å². The number of aryl methyl sites for hydroxylation is 1. The summed E-state index contributed by atoms with van der Waals surface area (Å²) in [7, 11) is 0. The van der Waals surface area contributed by atoms with E-state index in [4.69, 9.17) is 5.73 Å². The van der Waals surface area contributed by atoms with Gasteiger partial charge in [-0.3, -0.25) is 4.98 Å². The Morgan fingerprint density at radius 3 is 2.69 bits per heavy atom. The summed E-state index contributed by atoms with van der Waals surface area (Å²) in [6, 6.07) is 3.94. The predicted octanol–water partition coefficient (Wildman–Crippen LogP) is 2.26. The topological polar surface area (TPSA) is 38.9 Å². The third-order valence-corrected chi connectivity index (χ3v) is 3.42. The van der Waals surface area contributed by atoms with Crippen LogP contribution in [0.5, 0.6) is 0 Å². The molecule has 1 aromatic heterocycles. The Hall–Kier alpha value is -0.960. The third kappa shape index (κ3) is 2.40. The lowest BCUT2D eigenvalue weighted by Gasteiger charge is -2.22. The second-order valence-electron chi connectivity index (χ2n) is 4.70. The first-order chi connectivity index (χ1) is 7.68. The zero-order valence-electron chi connectivity index (χ0n) is 9.75. The van der Waals surface area contributed by atoms with E-state index in [-0.39, 0.29) is 12.5 Å². The minimum Gasteiger partial charge on any atom is -0.328 e. The second kappa shape index (κ2) is 4.50. The molecule has 16 heavy (non-hydrogen) atoms. The number of hydrogen-bond donors (Lipinski definition) is 1. The molecule has 2 nitrogen and oxygen atoms in total. The van der Waals surface area contributed by atoms with Crippen LogP contribution in [0.25, 0.3) is 0 Å². The zero-order chi connectivity index (χ0) is 11.6. The van der Waals surface area contributed by atoms with Crippen molar-refractivity contribution in [2.24, 2.45) is 11.7 Å². The molecule has 1 aliphatic rings. The van der Waals surface area contributed by atoms with Crippen LogP contribution in [-0.4, -0.2) is 17.2 Å². The van der Waals surface area contributed by atoms with E-state index < -0.39 is 5.67 Å². The van der Waals surface area contributed by atoms with Crippen molar-refractivity contribution in [1.82, 2.24) is 4.98 Å². The quantitative estimate of drug-likeness (QED) is 0.830. The first kappa shape index (κ1) is 11.5. The lowest BCUT2D eigenvalue weighted by molar-refractivity contribution is 0.141. The summed E-state index contributed by atoms with van der Waals surface area (Å²) in [4.78, 5) is 4.30. The molecule has 1 fully saturated rings. The molecule has 0 aromatic carbocycles. The van der Waals surface area contributed by atoms with Crippen molar-refractivity contribution in [1.29, 1.82) is 0 Å². The van der Waals surface area contributed by atoms with Crippen LogP contribution in [0, 0.1) is 5.92 Å². The summed E-state index contributed by atoms with van der Waals surface area (Å²) in [5, 5.41) is 0. The van der Waals surface area contributed by atoms with E-state index in [1.807, 2.05) is 18.3 Å². The van der Waals surface area contributed by atoms with Gasteiger partial charge < -0.3 is 5.73 Å². The largest absolute Gasteiger partial charge is 0.328 e. The van der Waals surface area contributed by atoms with Gasteiger partial charge in [0.05, 0.1) is 0 Å². The van der Waals surface area contributed by atoms with Crippen molar-refractivity contribution in [3.05, 3.63) is 29.6 Å². The molecule has 1 aromatic rings. The summed E-state index contributed by atoms with van der Waals surface area (Å²) in [6.45, 7) is 2.19. The van der Waals surface area contributed by atoms with Gasteiger partial charge in [0.1, 0.15) is 5.67 Å². The van der Waals surface area contributed by atoms with Crippen molar-refractivity contribution in [2.45, 2.75) is 38.3 Å². The molecule has 3 heteroatoms. The van der Waals surface area contributed by atoms with Crippen molar-refractivity contribution in [3.63, 3.8) is 0 Å². The lowest BCUT2D eigenvalue weighted by Crippen LogP contribution is -2.37. The summed E-state index contributed by atoms with van der Waals surface area (Å²) in [5.41, 5.74) is 6.32. The molecule has 0 spiro atoms. The van der Waals surface area contributed by atoms with E-state index in [9.17, 15) is 4.39 Å². The lowest BCUT2D eigenvalue weighted by atomic mass is 9.94. The van der Waals surface area contributed by atoms with Gasteiger partial charge in [-0.2, -0.15) is 0 Å². The van der Waals surface area contributed by atoms with Crippen LogP contribution in [0.3, 0.4) is 0 Å². The Kier molecular flexibility index (Phi) is 3.24. The molecule has 1 atom stereocenters. The molecule has 0 aliphatic heterocycles. The van der Waals surface area contributed by atoms with Crippen LogP contribution in [0.2, 0.25) is 0 Å². The smallest absolute Gasteiger partial charge is 0.131 e. The van der Waals surface area contributed by atoms with E-state index in [1.54, 1.807) is 0 Å². The first-order valence-corrected chi connectivity index (χ1v) is 6.00. The fourth-order valence-electron chi connectivity index (χ4n) is 2.05. The molecule has 0 bridgehead atoms. The van der Waals surface area contributed by atoms with Crippen molar-refractivity contribution in [2.75, 3.05) is 6.54 Å². The molecule has 88 valence electrons. The number of nitrogens with zero attached hydrogens (tertiary/aromatic N) is 1. The number of halogens is 1. The maximum atomic E-state index is 14.4. The average Bonchev–Trinajstić information content (AvgIpc) is 3.14. The van der Waals surface area contributed by atoms with Crippen LogP contribution >= 0.6 is 0 Å². The van der Waals surface area contributed by atoms with Crippen molar-refractivity contribution in [3.8, 4) is 0 Å². The summed E-state index contributed by atoms with van der Waals surface area (Å²) in [6.07, 6.45) is 5.10. The van der Waals surface area contributed by atoms with E-state index in [2.05, 4.69) is 11.9 Å². The molecule has 0 saturated heterocycles. The van der Waals surface area contributed by atoms with E-state index in [0.717, 1.165) is 25.0 Å². The van der Waals surface area contributed by atoms with Gasteiger partial charge in [0.15, 0.2) is 0 Å². The van der Waals surface area contributed by atoms with Crippen molar-refractivity contribution < 1.29 is 4.39 Å². The Bertz CT molecular complexity index is 345. The summed E-state index contributed by atoms with van der Waals surface area (Å²) >= 11 is 0. The van der Waals surface area contributed by atoms with Gasteiger partial charge in [0, 0.05) is 24.9 Å². The number of hydrogen-bond acceptors (Lipinski definition) is 2. The fraction of sp³-hybridized carbons (Fsp3) is 0.615. The zero-order valence-corrected chi connectivity index (χ0v) is 9.75. The van der Waals surface area contributed by atoms with E-state index >= 15 is 0 Å². The second-order valence-corrected chi connectivity index (χ2v) is 4.70. The monoisotopic (exact) mass is 222 g/mol. The van der Waals surface area contributed by atoms with Gasteiger partial charge in [-0.05, 0) is 36.8 Å². The van der Waals surface area contributed by atoms with Crippen LogP contribution in [0.1, 0.15) is 31.0 Å². The van der Waals surface area contributed by atoms with Gasteiger partial charge in [-0.15, -0.1) is 0 Å². The molecule has 0 radical (unpaired) electrons. The van der Waals surface area contributed by atoms with Gasteiger partial charge >= 0.3 is 0 Å². The maximum absolute atomic E-state index is 14.4. The highest BCUT2D eigenvalue weighted by Crippen LogP contribution is 2.43. The molecule has 1 saturated carbocycles. The predicted molar refractivity (Wildman–Crippen MR) is 62.9 cm³/mol. The Morgan fingerprint density at radius 1 is 1.50 bits per heavy atom. The third-order valence-electron chi connectivity index (χ3n) is 3.42. The highest BCUT2D eigenvalue weighted by molar-refractivity contribution is 5.16. The van der Waals surface area contributed by atoms with Gasteiger partial charge in [0.2, 0.25) is 0 Å². The minimum atomic E-state index is -1.24. The van der Waals surface area contributed by atoms with Crippen molar-refractivity contribution >= 4 is 0 Å². The maximum Gasteiger partial charge on any atom is 0.131 e. The number of rotatable bonds is 5. The Morgan fingerprint density at radius 2 is 2.25 bits per heavy atom. The molecular formula is C13H19FN2. The highest BCUT2D eigenvalue weighted by atomic mass is 19.1. The SMILES string of the molecule is CCc1ccc(CC(F)(CN)C2CC2)nc1. The molecule has 1 heterocycles. The van der Waals surface area contributed by atoms with Crippen LogP contribution in [0.4, 0.5) is 4.39 Å².